The Labute approximate surface area is 205 Å². The van der Waals surface area contributed by atoms with Crippen molar-refractivity contribution in [3.8, 4) is 5.88 Å². The number of nitrogens with zero attached hydrogens (tertiary/aromatic N) is 3. The molecule has 11 heteroatoms. The van der Waals surface area contributed by atoms with Crippen molar-refractivity contribution in [3.63, 3.8) is 0 Å². The predicted octanol–water partition coefficient (Wildman–Crippen LogP) is 4.76. The molecule has 1 aromatic heterocycles. The van der Waals surface area contributed by atoms with Crippen LogP contribution in [0.3, 0.4) is 0 Å². The molecule has 2 atom stereocenters. The average Bonchev–Trinajstić information content (AvgIpc) is 3.11. The second kappa shape index (κ2) is 9.91. The number of amides is 1. The molecule has 0 saturated carbocycles. The molecule has 2 fully saturated rings. The summed E-state index contributed by atoms with van der Waals surface area (Å²) in [6.45, 7) is 2.70. The number of aliphatic hydroxyl groups excluding tert-OH is 1. The van der Waals surface area contributed by atoms with E-state index < -0.39 is 29.6 Å². The Morgan fingerprint density at radius 3 is 2.46 bits per heavy atom. The van der Waals surface area contributed by atoms with Crippen molar-refractivity contribution in [2.45, 2.75) is 44.6 Å². The first-order valence-electron chi connectivity index (χ1n) is 11.4. The first kappa shape index (κ1) is 25.7. The number of halogens is 5. The number of β-amino-alcohol motifs (C(OH)–C–C–N with tert-alkyl or cyclic N) is 1. The topological polar surface area (TPSA) is 65.9 Å². The average molecular weight is 516 g/mol. The van der Waals surface area contributed by atoms with Gasteiger partial charge in [-0.1, -0.05) is 17.7 Å². The van der Waals surface area contributed by atoms with Crippen molar-refractivity contribution < 1.29 is 32.2 Å². The summed E-state index contributed by atoms with van der Waals surface area (Å²) < 4.78 is 57.0. The molecule has 1 spiro atoms. The number of aliphatic hydroxyl groups is 1. The lowest BCUT2D eigenvalue weighted by atomic mass is 9.77. The van der Waals surface area contributed by atoms with Crippen molar-refractivity contribution in [1.29, 1.82) is 0 Å². The molecule has 1 aromatic carbocycles. The summed E-state index contributed by atoms with van der Waals surface area (Å²) in [6.07, 6.45) is -4.42. The summed E-state index contributed by atoms with van der Waals surface area (Å²) in [5.74, 6) is -0.770. The van der Waals surface area contributed by atoms with E-state index in [2.05, 4.69) is 4.98 Å². The minimum absolute atomic E-state index is 0.0472. The number of pyridine rings is 1. The number of rotatable bonds is 6. The van der Waals surface area contributed by atoms with Gasteiger partial charge in [-0.05, 0) is 57.5 Å². The summed E-state index contributed by atoms with van der Waals surface area (Å²) >= 11 is 6.06. The highest BCUT2D eigenvalue weighted by Gasteiger charge is 2.48. The fourth-order valence-electron chi connectivity index (χ4n) is 4.71. The number of ether oxygens (including phenoxy) is 1. The molecule has 2 aromatic rings. The van der Waals surface area contributed by atoms with E-state index >= 15 is 0 Å². The zero-order chi connectivity index (χ0) is 25.4. The van der Waals surface area contributed by atoms with Crippen LogP contribution in [0.15, 0.2) is 36.5 Å². The molecule has 2 saturated heterocycles. The summed E-state index contributed by atoms with van der Waals surface area (Å²) in [6, 6.07) is 7.13. The third-order valence-corrected chi connectivity index (χ3v) is 7.21. The van der Waals surface area contributed by atoms with Gasteiger partial charge in [-0.25, -0.2) is 9.37 Å². The number of likely N-dealkylation sites (tertiary alicyclic amines) is 1. The van der Waals surface area contributed by atoms with Gasteiger partial charge in [0.05, 0.1) is 23.4 Å². The smallest absolute Gasteiger partial charge is 0.425 e. The molecule has 2 aliphatic heterocycles. The second-order valence-corrected chi connectivity index (χ2v) is 9.50. The molecular formula is C24H26ClF4N3O3. The van der Waals surface area contributed by atoms with Gasteiger partial charge in [-0.15, -0.1) is 0 Å². The molecule has 0 radical (unpaired) electrons. The quantitative estimate of drug-likeness (QED) is 0.562. The number of piperidine rings is 1. The molecule has 190 valence electrons. The largest absolute Gasteiger partial charge is 0.465 e. The first-order valence-corrected chi connectivity index (χ1v) is 11.7. The van der Waals surface area contributed by atoms with Crippen LogP contribution in [0.2, 0.25) is 5.02 Å². The van der Waals surface area contributed by atoms with Crippen LogP contribution in [0.1, 0.15) is 37.9 Å². The van der Waals surface area contributed by atoms with E-state index in [0.717, 1.165) is 6.92 Å². The maximum atomic E-state index is 14.1. The van der Waals surface area contributed by atoms with Gasteiger partial charge in [-0.2, -0.15) is 13.2 Å². The standard InChI is InChI=1S/C24H26ClF4N3O3/c1-15(24(27,28)29)35-20-6-5-16(13-30-20)32-12-9-23(22(32)34)7-10-31(11-8-23)14-19(33)21-17(25)3-2-4-18(21)26/h2-6,13,15,19,33H,7-12,14H2,1H3/t15-,19?/m0/s1. The number of aromatic nitrogens is 1. The highest BCUT2D eigenvalue weighted by Crippen LogP contribution is 2.43. The molecule has 2 aliphatic rings. The van der Waals surface area contributed by atoms with Gasteiger partial charge >= 0.3 is 6.18 Å². The molecule has 1 N–H and O–H groups in total. The van der Waals surface area contributed by atoms with Gasteiger partial charge in [0.25, 0.3) is 0 Å². The number of carbonyl (C=O) groups excluding carboxylic acids is 1. The SMILES string of the molecule is C[C@H](Oc1ccc(N2CCC3(CCN(CC(O)c4c(F)cccc4Cl)CC3)C2=O)cn1)C(F)(F)F. The van der Waals surface area contributed by atoms with E-state index in [-0.39, 0.29) is 28.9 Å². The number of anilines is 1. The third-order valence-electron chi connectivity index (χ3n) is 6.88. The number of benzene rings is 1. The summed E-state index contributed by atoms with van der Waals surface area (Å²) in [5, 5.41) is 10.7. The first-order chi connectivity index (χ1) is 16.5. The summed E-state index contributed by atoms with van der Waals surface area (Å²) in [7, 11) is 0. The van der Waals surface area contributed by atoms with Crippen LogP contribution in [0.5, 0.6) is 5.88 Å². The van der Waals surface area contributed by atoms with Crippen LogP contribution in [-0.4, -0.2) is 59.4 Å². The molecule has 0 aliphatic carbocycles. The lowest BCUT2D eigenvalue weighted by molar-refractivity contribution is -0.189. The van der Waals surface area contributed by atoms with E-state index in [1.54, 1.807) is 4.90 Å². The lowest BCUT2D eigenvalue weighted by Gasteiger charge is -2.38. The van der Waals surface area contributed by atoms with Crippen LogP contribution in [0.4, 0.5) is 23.2 Å². The van der Waals surface area contributed by atoms with Gasteiger partial charge in [0.2, 0.25) is 11.8 Å². The minimum atomic E-state index is -4.50. The number of alkyl halides is 3. The van der Waals surface area contributed by atoms with Gasteiger partial charge in [0.15, 0.2) is 6.10 Å². The van der Waals surface area contributed by atoms with Crippen molar-refractivity contribution in [2.75, 3.05) is 31.1 Å². The highest BCUT2D eigenvalue weighted by molar-refractivity contribution is 6.31. The van der Waals surface area contributed by atoms with Crippen molar-refractivity contribution in [3.05, 3.63) is 52.9 Å². The maximum absolute atomic E-state index is 14.1. The Morgan fingerprint density at radius 2 is 1.86 bits per heavy atom. The molecule has 3 heterocycles. The number of hydrogen-bond donors (Lipinski definition) is 1. The molecule has 1 unspecified atom stereocenters. The molecule has 4 rings (SSSR count). The Hall–Kier alpha value is -2.43. The zero-order valence-corrected chi connectivity index (χ0v) is 19.8. The Morgan fingerprint density at radius 1 is 1.17 bits per heavy atom. The van der Waals surface area contributed by atoms with Crippen molar-refractivity contribution >= 4 is 23.2 Å². The fourth-order valence-corrected chi connectivity index (χ4v) is 5.00. The molecule has 6 nitrogen and oxygen atoms in total. The molecular weight excluding hydrogens is 490 g/mol. The summed E-state index contributed by atoms with van der Waals surface area (Å²) in [5.41, 5.74) is 0.0323. The van der Waals surface area contributed by atoms with Crippen LogP contribution >= 0.6 is 11.6 Å². The Balaban J connectivity index is 1.35. The monoisotopic (exact) mass is 515 g/mol. The Kier molecular flexibility index (Phi) is 7.26. The maximum Gasteiger partial charge on any atom is 0.425 e. The van der Waals surface area contributed by atoms with Crippen LogP contribution < -0.4 is 9.64 Å². The fraction of sp³-hybridized carbons (Fsp3) is 0.500. The van der Waals surface area contributed by atoms with Gasteiger partial charge in [-0.3, -0.25) is 4.79 Å². The third kappa shape index (κ3) is 5.39. The van der Waals surface area contributed by atoms with E-state index in [9.17, 15) is 27.5 Å². The molecule has 1 amide bonds. The predicted molar refractivity (Wildman–Crippen MR) is 122 cm³/mol. The van der Waals surface area contributed by atoms with Crippen LogP contribution in [-0.2, 0) is 4.79 Å². The van der Waals surface area contributed by atoms with Crippen molar-refractivity contribution in [2.24, 2.45) is 5.41 Å². The zero-order valence-electron chi connectivity index (χ0n) is 19.1. The molecule has 0 bridgehead atoms. The second-order valence-electron chi connectivity index (χ2n) is 9.10. The lowest BCUT2D eigenvalue weighted by Crippen LogP contribution is -2.45. The summed E-state index contributed by atoms with van der Waals surface area (Å²) in [4.78, 5) is 20.8. The van der Waals surface area contributed by atoms with Crippen LogP contribution in [0, 0.1) is 11.2 Å². The van der Waals surface area contributed by atoms with Gasteiger partial charge in [0, 0.05) is 29.7 Å². The van der Waals surface area contributed by atoms with Crippen molar-refractivity contribution in [1.82, 2.24) is 9.88 Å². The highest BCUT2D eigenvalue weighted by atomic mass is 35.5. The van der Waals surface area contributed by atoms with E-state index in [1.165, 1.54) is 36.5 Å². The normalized spacial score (nSPS) is 20.3. The van der Waals surface area contributed by atoms with Crippen LogP contribution in [0.25, 0.3) is 0 Å². The van der Waals surface area contributed by atoms with Gasteiger partial charge < -0.3 is 19.6 Å². The minimum Gasteiger partial charge on any atom is -0.465 e. The number of carbonyl (C=O) groups is 1. The van der Waals surface area contributed by atoms with E-state index in [4.69, 9.17) is 16.3 Å². The van der Waals surface area contributed by atoms with E-state index in [1.807, 2.05) is 4.90 Å². The number of hydrogen-bond acceptors (Lipinski definition) is 5. The Bertz CT molecular complexity index is 1040. The van der Waals surface area contributed by atoms with Gasteiger partial charge in [0.1, 0.15) is 5.82 Å². The van der Waals surface area contributed by atoms with E-state index in [0.29, 0.717) is 44.6 Å². The molecule has 35 heavy (non-hydrogen) atoms.